The monoisotopic (exact) mass is 413 g/mol. The Morgan fingerprint density at radius 2 is 1.96 bits per heavy atom. The Bertz CT molecular complexity index is 802. The summed E-state index contributed by atoms with van der Waals surface area (Å²) in [5.41, 5.74) is 0.778. The van der Waals surface area contributed by atoms with Gasteiger partial charge in [-0.2, -0.15) is 0 Å². The number of benzene rings is 1. The molecule has 27 heavy (non-hydrogen) atoms. The lowest BCUT2D eigenvalue weighted by molar-refractivity contribution is -0.149. The SMILES string of the molecule is CC(C)CN(C(=O)COC(=O)/C=C/c1ccc(Cl)cc1)[C@@H]1CCS(=O)(=O)C1. The fraction of sp³-hybridized carbons (Fsp3) is 0.474. The van der Waals surface area contributed by atoms with Gasteiger partial charge in [-0.25, -0.2) is 13.2 Å². The number of esters is 1. The van der Waals surface area contributed by atoms with Gasteiger partial charge in [-0.3, -0.25) is 4.79 Å². The van der Waals surface area contributed by atoms with Gasteiger partial charge in [0.05, 0.1) is 11.5 Å². The first-order valence-electron chi connectivity index (χ1n) is 8.76. The fourth-order valence-electron chi connectivity index (χ4n) is 2.87. The molecule has 1 heterocycles. The molecular formula is C19H24ClNO5S. The summed E-state index contributed by atoms with van der Waals surface area (Å²) in [4.78, 5) is 25.9. The molecule has 1 aliphatic rings. The van der Waals surface area contributed by atoms with Crippen LogP contribution < -0.4 is 0 Å². The predicted octanol–water partition coefficient (Wildman–Crippen LogP) is 2.57. The van der Waals surface area contributed by atoms with Gasteiger partial charge in [0.25, 0.3) is 5.91 Å². The van der Waals surface area contributed by atoms with E-state index in [-0.39, 0.29) is 29.4 Å². The van der Waals surface area contributed by atoms with E-state index < -0.39 is 22.4 Å². The Morgan fingerprint density at radius 3 is 2.52 bits per heavy atom. The standard InChI is InChI=1S/C19H24ClNO5S/c1-14(2)11-21(17-9-10-27(24,25)13-17)18(22)12-26-19(23)8-5-15-3-6-16(20)7-4-15/h3-8,14,17H,9-13H2,1-2H3/b8-5+/t17-/m1/s1. The number of rotatable bonds is 7. The van der Waals surface area contributed by atoms with E-state index in [1.54, 1.807) is 30.3 Å². The molecule has 1 saturated heterocycles. The van der Waals surface area contributed by atoms with Crippen LogP contribution in [0.4, 0.5) is 0 Å². The van der Waals surface area contributed by atoms with E-state index in [4.69, 9.17) is 16.3 Å². The summed E-state index contributed by atoms with van der Waals surface area (Å²) in [5, 5.41) is 0.597. The first-order valence-corrected chi connectivity index (χ1v) is 11.0. The molecule has 6 nitrogen and oxygen atoms in total. The van der Waals surface area contributed by atoms with Gasteiger partial charge in [-0.1, -0.05) is 37.6 Å². The van der Waals surface area contributed by atoms with Crippen LogP contribution in [0.25, 0.3) is 6.08 Å². The number of carbonyl (C=O) groups is 2. The maximum Gasteiger partial charge on any atom is 0.331 e. The second kappa shape index (κ2) is 9.37. The lowest BCUT2D eigenvalue weighted by Gasteiger charge is -2.29. The zero-order valence-corrected chi connectivity index (χ0v) is 17.0. The quantitative estimate of drug-likeness (QED) is 0.507. The summed E-state index contributed by atoms with van der Waals surface area (Å²) >= 11 is 5.80. The molecule has 2 rings (SSSR count). The highest BCUT2D eigenvalue weighted by Crippen LogP contribution is 2.19. The second-order valence-electron chi connectivity index (χ2n) is 6.99. The number of ether oxygens (including phenoxy) is 1. The van der Waals surface area contributed by atoms with E-state index in [1.807, 2.05) is 13.8 Å². The van der Waals surface area contributed by atoms with Crippen LogP contribution in [0.1, 0.15) is 25.8 Å². The van der Waals surface area contributed by atoms with Crippen molar-refractivity contribution in [1.82, 2.24) is 4.90 Å². The largest absolute Gasteiger partial charge is 0.452 e. The summed E-state index contributed by atoms with van der Waals surface area (Å²) < 4.78 is 28.5. The normalized spacial score (nSPS) is 18.7. The fourth-order valence-corrected chi connectivity index (χ4v) is 4.73. The van der Waals surface area contributed by atoms with E-state index in [9.17, 15) is 18.0 Å². The van der Waals surface area contributed by atoms with Crippen LogP contribution in [-0.4, -0.2) is 55.9 Å². The van der Waals surface area contributed by atoms with Crippen LogP contribution >= 0.6 is 11.6 Å². The molecule has 0 N–H and O–H groups in total. The summed E-state index contributed by atoms with van der Waals surface area (Å²) in [6, 6.07) is 6.56. The number of hydrogen-bond acceptors (Lipinski definition) is 5. The number of halogens is 1. The molecule has 0 aliphatic carbocycles. The molecule has 8 heteroatoms. The van der Waals surface area contributed by atoms with Crippen molar-refractivity contribution < 1.29 is 22.7 Å². The predicted molar refractivity (Wildman–Crippen MR) is 105 cm³/mol. The van der Waals surface area contributed by atoms with Gasteiger partial charge in [0.1, 0.15) is 0 Å². The van der Waals surface area contributed by atoms with Crippen LogP contribution in [0, 0.1) is 5.92 Å². The molecule has 148 valence electrons. The Kier molecular flexibility index (Phi) is 7.44. The van der Waals surface area contributed by atoms with E-state index >= 15 is 0 Å². The van der Waals surface area contributed by atoms with Gasteiger partial charge in [-0.05, 0) is 36.1 Å². The summed E-state index contributed by atoms with van der Waals surface area (Å²) in [7, 11) is -3.11. The third kappa shape index (κ3) is 6.99. The molecule has 1 amide bonds. The number of amides is 1. The first-order chi connectivity index (χ1) is 12.7. The Morgan fingerprint density at radius 1 is 1.30 bits per heavy atom. The lowest BCUT2D eigenvalue weighted by atomic mass is 10.1. The van der Waals surface area contributed by atoms with Crippen LogP contribution in [0.3, 0.4) is 0 Å². The van der Waals surface area contributed by atoms with Gasteiger partial charge < -0.3 is 9.64 Å². The van der Waals surface area contributed by atoms with Gasteiger partial charge in [0.15, 0.2) is 16.4 Å². The molecule has 0 radical (unpaired) electrons. The summed E-state index contributed by atoms with van der Waals surface area (Å²) in [6.07, 6.45) is 3.23. The van der Waals surface area contributed by atoms with E-state index in [1.165, 1.54) is 11.0 Å². The lowest BCUT2D eigenvalue weighted by Crippen LogP contribution is -2.45. The molecule has 0 saturated carbocycles. The maximum absolute atomic E-state index is 12.5. The third-order valence-corrected chi connectivity index (χ3v) is 6.15. The van der Waals surface area contributed by atoms with Crippen molar-refractivity contribution in [1.29, 1.82) is 0 Å². The highest BCUT2D eigenvalue weighted by molar-refractivity contribution is 7.91. The third-order valence-electron chi connectivity index (χ3n) is 4.15. The minimum absolute atomic E-state index is 0.0319. The molecule has 0 bridgehead atoms. The maximum atomic E-state index is 12.5. The van der Waals surface area contributed by atoms with Gasteiger partial charge in [0, 0.05) is 23.7 Å². The van der Waals surface area contributed by atoms with Crippen molar-refractivity contribution >= 4 is 39.4 Å². The van der Waals surface area contributed by atoms with E-state index in [2.05, 4.69) is 0 Å². The Labute approximate surface area is 165 Å². The van der Waals surface area contributed by atoms with Gasteiger partial charge in [-0.15, -0.1) is 0 Å². The topological polar surface area (TPSA) is 80.8 Å². The smallest absolute Gasteiger partial charge is 0.331 e. The van der Waals surface area contributed by atoms with E-state index in [0.29, 0.717) is 18.0 Å². The van der Waals surface area contributed by atoms with Gasteiger partial charge in [0.2, 0.25) is 0 Å². The van der Waals surface area contributed by atoms with Crippen LogP contribution in [0.5, 0.6) is 0 Å². The van der Waals surface area contributed by atoms with Crippen LogP contribution in [0.15, 0.2) is 30.3 Å². The summed E-state index contributed by atoms with van der Waals surface area (Å²) in [6.45, 7) is 3.92. The number of carbonyl (C=O) groups excluding carboxylic acids is 2. The van der Waals surface area contributed by atoms with Crippen LogP contribution in [-0.2, 0) is 24.2 Å². The van der Waals surface area contributed by atoms with E-state index in [0.717, 1.165) is 5.56 Å². The minimum Gasteiger partial charge on any atom is -0.452 e. The second-order valence-corrected chi connectivity index (χ2v) is 9.65. The van der Waals surface area contributed by atoms with Crippen molar-refractivity contribution in [3.63, 3.8) is 0 Å². The number of hydrogen-bond donors (Lipinski definition) is 0. The molecular weight excluding hydrogens is 390 g/mol. The van der Waals surface area contributed by atoms with Crippen molar-refractivity contribution in [2.45, 2.75) is 26.3 Å². The molecule has 1 fully saturated rings. The van der Waals surface area contributed by atoms with Crippen LogP contribution in [0.2, 0.25) is 5.02 Å². The molecule has 1 aromatic carbocycles. The molecule has 0 aromatic heterocycles. The number of sulfone groups is 1. The minimum atomic E-state index is -3.11. The number of nitrogens with zero attached hydrogens (tertiary/aromatic N) is 1. The zero-order chi connectivity index (χ0) is 20.0. The highest BCUT2D eigenvalue weighted by Gasteiger charge is 2.35. The van der Waals surface area contributed by atoms with Crippen molar-refractivity contribution in [2.24, 2.45) is 5.92 Å². The average molecular weight is 414 g/mol. The molecule has 1 aromatic rings. The summed E-state index contributed by atoms with van der Waals surface area (Å²) in [5.74, 6) is -0.780. The molecule has 0 spiro atoms. The molecule has 1 aliphatic heterocycles. The highest BCUT2D eigenvalue weighted by atomic mass is 35.5. The van der Waals surface area contributed by atoms with Crippen molar-refractivity contribution in [3.05, 3.63) is 40.9 Å². The van der Waals surface area contributed by atoms with Crippen molar-refractivity contribution in [2.75, 3.05) is 24.7 Å². The molecule has 0 unspecified atom stereocenters. The Hall–Kier alpha value is -1.86. The average Bonchev–Trinajstić information content (AvgIpc) is 2.96. The molecule has 1 atom stereocenters. The van der Waals surface area contributed by atoms with Gasteiger partial charge >= 0.3 is 5.97 Å². The van der Waals surface area contributed by atoms with Crippen molar-refractivity contribution in [3.8, 4) is 0 Å². The Balaban J connectivity index is 1.92. The zero-order valence-electron chi connectivity index (χ0n) is 15.4. The first kappa shape index (κ1) is 21.4.